The van der Waals surface area contributed by atoms with Crippen LogP contribution in [0, 0.1) is 10.1 Å². The molecule has 1 N–H and O–H groups in total. The number of rotatable bonds is 8. The van der Waals surface area contributed by atoms with Gasteiger partial charge in [0.15, 0.2) is 0 Å². The minimum Gasteiger partial charge on any atom is -0.465 e. The third-order valence-corrected chi connectivity index (χ3v) is 4.73. The molecular weight excluding hydrogens is 427 g/mol. The molecule has 0 aliphatic rings. The molecule has 1 rings (SSSR count). The average Bonchev–Trinajstić information content (AvgIpc) is 2.47. The van der Waals surface area contributed by atoms with E-state index < -0.39 is 27.0 Å². The van der Waals surface area contributed by atoms with Gasteiger partial charge in [0.25, 0.3) is 5.69 Å². The van der Waals surface area contributed by atoms with Crippen molar-refractivity contribution in [1.82, 2.24) is 4.72 Å². The number of nitro groups is 1. The molecule has 1 aromatic rings. The maximum absolute atomic E-state index is 12.2. The first-order valence-corrected chi connectivity index (χ1v) is 9.32. The van der Waals surface area contributed by atoms with E-state index >= 15 is 0 Å². The second-order valence-electron chi connectivity index (χ2n) is 4.15. The van der Waals surface area contributed by atoms with E-state index in [9.17, 15) is 23.3 Å². The quantitative estimate of drug-likeness (QED) is 0.215. The Bertz CT molecular complexity index is 632. The highest BCUT2D eigenvalue weighted by Gasteiger charge is 2.26. The number of alkyl halides is 1. The molecule has 22 heavy (non-hydrogen) atoms. The van der Waals surface area contributed by atoms with Crippen LogP contribution in [0.15, 0.2) is 29.2 Å². The number of nitrogens with zero attached hydrogens (tertiary/aromatic N) is 1. The van der Waals surface area contributed by atoms with Gasteiger partial charge in [-0.1, -0.05) is 22.6 Å². The van der Waals surface area contributed by atoms with Crippen LogP contribution in [0.25, 0.3) is 0 Å². The number of hydrogen-bond donors (Lipinski definition) is 1. The van der Waals surface area contributed by atoms with Crippen LogP contribution in [0.4, 0.5) is 5.69 Å². The fourth-order valence-corrected chi connectivity index (χ4v) is 3.42. The second kappa shape index (κ2) is 8.39. The molecule has 0 amide bonds. The fourth-order valence-electron chi connectivity index (χ4n) is 1.58. The smallest absolute Gasteiger partial charge is 0.324 e. The van der Waals surface area contributed by atoms with Gasteiger partial charge in [0, 0.05) is 16.6 Å². The summed E-state index contributed by atoms with van der Waals surface area (Å²) in [6, 6.07) is 3.43. The van der Waals surface area contributed by atoms with Gasteiger partial charge in [-0.2, -0.15) is 4.72 Å². The number of halogens is 1. The van der Waals surface area contributed by atoms with Gasteiger partial charge in [-0.3, -0.25) is 14.9 Å². The first-order valence-electron chi connectivity index (χ1n) is 6.31. The molecule has 0 saturated carbocycles. The van der Waals surface area contributed by atoms with E-state index in [0.717, 1.165) is 24.3 Å². The number of carbonyl (C=O) groups is 1. The summed E-state index contributed by atoms with van der Waals surface area (Å²) in [5, 5.41) is 10.6. The van der Waals surface area contributed by atoms with Crippen molar-refractivity contribution in [3.8, 4) is 0 Å². The maximum atomic E-state index is 12.2. The van der Waals surface area contributed by atoms with Crippen LogP contribution < -0.4 is 4.72 Å². The second-order valence-corrected chi connectivity index (χ2v) is 6.95. The van der Waals surface area contributed by atoms with E-state index in [1.807, 2.05) is 22.6 Å². The van der Waals surface area contributed by atoms with E-state index in [-0.39, 0.29) is 23.6 Å². The van der Waals surface area contributed by atoms with Gasteiger partial charge in [-0.05, 0) is 25.5 Å². The predicted molar refractivity (Wildman–Crippen MR) is 87.3 cm³/mol. The molecule has 10 heteroatoms. The molecule has 8 nitrogen and oxygen atoms in total. The number of nitrogens with one attached hydrogen (secondary N) is 1. The third-order valence-electron chi connectivity index (χ3n) is 2.62. The molecule has 0 aliphatic carbocycles. The zero-order chi connectivity index (χ0) is 16.8. The van der Waals surface area contributed by atoms with Crippen LogP contribution in [0.2, 0.25) is 0 Å². The van der Waals surface area contributed by atoms with Gasteiger partial charge in [0.05, 0.1) is 16.4 Å². The van der Waals surface area contributed by atoms with Crippen molar-refractivity contribution in [2.24, 2.45) is 0 Å². The first kappa shape index (κ1) is 18.8. The summed E-state index contributed by atoms with van der Waals surface area (Å²) in [7, 11) is -3.96. The predicted octanol–water partition coefficient (Wildman–Crippen LogP) is 1.63. The minimum atomic E-state index is -3.96. The molecular formula is C12H15IN2O6S. The van der Waals surface area contributed by atoms with Gasteiger partial charge in [0.1, 0.15) is 6.04 Å². The maximum Gasteiger partial charge on any atom is 0.324 e. The highest BCUT2D eigenvalue weighted by Crippen LogP contribution is 2.16. The van der Waals surface area contributed by atoms with Crippen LogP contribution >= 0.6 is 22.6 Å². The Morgan fingerprint density at radius 2 is 2.00 bits per heavy atom. The molecule has 1 atom stereocenters. The Balaban J connectivity index is 2.96. The molecule has 0 aromatic heterocycles. The normalized spacial score (nSPS) is 12.6. The molecule has 122 valence electrons. The third kappa shape index (κ3) is 5.18. The first-order chi connectivity index (χ1) is 10.3. The standard InChI is InChI=1S/C12H15IN2O6S/c1-2-21-12(16)11(7-8-13)14-22(19,20)10-5-3-9(4-6-10)15(17)18/h3-6,11,14H,2,7-8H2,1H3/t11-/m1/s1. The molecule has 0 aliphatic heterocycles. The Hall–Kier alpha value is -1.27. The summed E-state index contributed by atoms with van der Waals surface area (Å²) in [5.74, 6) is -0.648. The molecule has 0 saturated heterocycles. The minimum absolute atomic E-state index is 0.149. The molecule has 0 heterocycles. The zero-order valence-corrected chi connectivity index (χ0v) is 14.7. The number of sulfonamides is 1. The van der Waals surface area contributed by atoms with Crippen LogP contribution in [0.1, 0.15) is 13.3 Å². The van der Waals surface area contributed by atoms with Gasteiger partial charge >= 0.3 is 5.97 Å². The molecule has 0 unspecified atom stereocenters. The number of hydrogen-bond acceptors (Lipinski definition) is 6. The lowest BCUT2D eigenvalue weighted by molar-refractivity contribution is -0.384. The number of carbonyl (C=O) groups excluding carboxylic acids is 1. The van der Waals surface area contributed by atoms with E-state index in [0.29, 0.717) is 4.43 Å². The molecule has 0 bridgehead atoms. The highest BCUT2D eigenvalue weighted by molar-refractivity contribution is 14.1. The van der Waals surface area contributed by atoms with E-state index in [1.165, 1.54) is 0 Å². The lowest BCUT2D eigenvalue weighted by Crippen LogP contribution is -2.42. The van der Waals surface area contributed by atoms with Crippen LogP contribution in [0.3, 0.4) is 0 Å². The Kier molecular flexibility index (Phi) is 7.16. The number of ether oxygens (including phenoxy) is 1. The SMILES string of the molecule is CCOC(=O)[C@@H](CCI)NS(=O)(=O)c1ccc([N+](=O)[O-])cc1. The Morgan fingerprint density at radius 1 is 1.41 bits per heavy atom. The van der Waals surface area contributed by atoms with Crippen LogP contribution in [0.5, 0.6) is 0 Å². The zero-order valence-electron chi connectivity index (χ0n) is 11.7. The van der Waals surface area contributed by atoms with Crippen molar-refractivity contribution in [2.75, 3.05) is 11.0 Å². The lowest BCUT2D eigenvalue weighted by atomic mass is 10.2. The Morgan fingerprint density at radius 3 is 2.45 bits per heavy atom. The Labute approximate surface area is 141 Å². The van der Waals surface area contributed by atoms with Crippen molar-refractivity contribution >= 4 is 44.3 Å². The summed E-state index contributed by atoms with van der Waals surface area (Å²) >= 11 is 2.02. The summed E-state index contributed by atoms with van der Waals surface area (Å²) < 4.78 is 32.1. The van der Waals surface area contributed by atoms with Gasteiger partial charge in [-0.25, -0.2) is 8.42 Å². The summed E-state index contributed by atoms with van der Waals surface area (Å²) in [5.41, 5.74) is -0.215. The summed E-state index contributed by atoms with van der Waals surface area (Å²) in [6.45, 7) is 1.78. The largest absolute Gasteiger partial charge is 0.465 e. The van der Waals surface area contributed by atoms with Gasteiger partial charge in [-0.15, -0.1) is 0 Å². The van der Waals surface area contributed by atoms with Crippen molar-refractivity contribution in [3.63, 3.8) is 0 Å². The lowest BCUT2D eigenvalue weighted by Gasteiger charge is -2.16. The van der Waals surface area contributed by atoms with Crippen molar-refractivity contribution in [2.45, 2.75) is 24.3 Å². The topological polar surface area (TPSA) is 116 Å². The van der Waals surface area contributed by atoms with Crippen LogP contribution in [-0.4, -0.2) is 36.4 Å². The number of benzene rings is 1. The van der Waals surface area contributed by atoms with Crippen molar-refractivity contribution in [3.05, 3.63) is 34.4 Å². The van der Waals surface area contributed by atoms with Gasteiger partial charge in [0.2, 0.25) is 10.0 Å². The number of non-ortho nitro benzene ring substituents is 1. The van der Waals surface area contributed by atoms with Crippen LogP contribution in [-0.2, 0) is 19.6 Å². The van der Waals surface area contributed by atoms with Crippen molar-refractivity contribution < 1.29 is 22.9 Å². The van der Waals surface area contributed by atoms with E-state index in [2.05, 4.69) is 4.72 Å². The fraction of sp³-hybridized carbons (Fsp3) is 0.417. The number of nitro benzene ring substituents is 1. The summed E-state index contributed by atoms with van der Waals surface area (Å²) in [4.78, 5) is 21.5. The number of esters is 1. The molecule has 0 fully saturated rings. The average molecular weight is 442 g/mol. The highest BCUT2D eigenvalue weighted by atomic mass is 127. The van der Waals surface area contributed by atoms with E-state index in [1.54, 1.807) is 6.92 Å². The molecule has 0 spiro atoms. The van der Waals surface area contributed by atoms with E-state index in [4.69, 9.17) is 4.74 Å². The monoisotopic (exact) mass is 442 g/mol. The van der Waals surface area contributed by atoms with Gasteiger partial charge < -0.3 is 4.74 Å². The molecule has 0 radical (unpaired) electrons. The summed E-state index contributed by atoms with van der Waals surface area (Å²) in [6.07, 6.45) is 0.283. The molecule has 1 aromatic carbocycles. The van der Waals surface area contributed by atoms with Crippen molar-refractivity contribution in [1.29, 1.82) is 0 Å².